The van der Waals surface area contributed by atoms with Gasteiger partial charge in [0.25, 0.3) is 5.91 Å². The highest BCUT2D eigenvalue weighted by Crippen LogP contribution is 2.27. The summed E-state index contributed by atoms with van der Waals surface area (Å²) in [5.74, 6) is 0.181. The number of amides is 1. The summed E-state index contributed by atoms with van der Waals surface area (Å²) in [6.45, 7) is 7.14. The topological polar surface area (TPSA) is 45.7 Å². The summed E-state index contributed by atoms with van der Waals surface area (Å²) in [6.07, 6.45) is 7.75. The van der Waals surface area contributed by atoms with E-state index in [2.05, 4.69) is 16.0 Å². The minimum atomic E-state index is -0.600. The highest BCUT2D eigenvalue weighted by atomic mass is 16.5. The minimum Gasteiger partial charge on any atom is -0.365 e. The van der Waals surface area contributed by atoms with E-state index in [0.29, 0.717) is 6.61 Å². The number of pyridine rings is 1. The molecule has 0 bridgehead atoms. The molecule has 126 valence electrons. The Morgan fingerprint density at radius 1 is 1.26 bits per heavy atom. The minimum absolute atomic E-state index is 0.181. The second-order valence-corrected chi connectivity index (χ2v) is 6.82. The Balaban J connectivity index is 1.56. The largest absolute Gasteiger partial charge is 0.365 e. The monoisotopic (exact) mass is 317 g/mol. The Bertz CT molecular complexity index is 514. The summed E-state index contributed by atoms with van der Waals surface area (Å²) in [4.78, 5) is 21.5. The number of carbonyl (C=O) groups excluding carboxylic acids is 1. The molecule has 5 nitrogen and oxygen atoms in total. The number of carbonyl (C=O) groups is 1. The van der Waals surface area contributed by atoms with Crippen LogP contribution in [0, 0.1) is 0 Å². The van der Waals surface area contributed by atoms with Crippen LogP contribution in [0.5, 0.6) is 0 Å². The lowest BCUT2D eigenvalue weighted by Crippen LogP contribution is -2.51. The van der Waals surface area contributed by atoms with Gasteiger partial charge in [-0.05, 0) is 44.2 Å². The van der Waals surface area contributed by atoms with Gasteiger partial charge in [0, 0.05) is 51.7 Å². The average Bonchev–Trinajstić information content (AvgIpc) is 2.81. The molecule has 0 spiro atoms. The standard InChI is InChI=1S/C18H27N3O2/c1-18(7-2-3-13-23-18)17(22)21-10-5-9-20(11-12-21)15-16-6-4-8-19-14-16/h4,6,8,14H,2-3,5,7,9-13,15H2,1H3. The summed E-state index contributed by atoms with van der Waals surface area (Å²) in [5.41, 5.74) is 0.631. The van der Waals surface area contributed by atoms with Gasteiger partial charge in [0.1, 0.15) is 5.60 Å². The molecule has 1 amide bonds. The Labute approximate surface area is 138 Å². The third kappa shape index (κ3) is 4.09. The lowest BCUT2D eigenvalue weighted by molar-refractivity contribution is -0.161. The van der Waals surface area contributed by atoms with Gasteiger partial charge in [0.05, 0.1) is 0 Å². The van der Waals surface area contributed by atoms with E-state index in [4.69, 9.17) is 4.74 Å². The van der Waals surface area contributed by atoms with E-state index in [0.717, 1.165) is 58.4 Å². The van der Waals surface area contributed by atoms with E-state index in [1.54, 1.807) is 6.20 Å². The Hall–Kier alpha value is -1.46. The van der Waals surface area contributed by atoms with Crippen molar-refractivity contribution in [3.05, 3.63) is 30.1 Å². The van der Waals surface area contributed by atoms with Gasteiger partial charge in [-0.2, -0.15) is 0 Å². The molecule has 1 aromatic rings. The van der Waals surface area contributed by atoms with Gasteiger partial charge in [-0.25, -0.2) is 0 Å². The van der Waals surface area contributed by atoms with Crippen LogP contribution >= 0.6 is 0 Å². The van der Waals surface area contributed by atoms with Crippen molar-refractivity contribution in [2.45, 2.75) is 44.8 Å². The third-order valence-corrected chi connectivity index (χ3v) is 4.93. The molecule has 1 aromatic heterocycles. The molecule has 1 atom stereocenters. The summed E-state index contributed by atoms with van der Waals surface area (Å²) in [6, 6.07) is 4.09. The van der Waals surface area contributed by atoms with Crippen LogP contribution in [-0.2, 0) is 16.1 Å². The van der Waals surface area contributed by atoms with Gasteiger partial charge >= 0.3 is 0 Å². The maximum Gasteiger partial charge on any atom is 0.254 e. The third-order valence-electron chi connectivity index (χ3n) is 4.93. The quantitative estimate of drug-likeness (QED) is 0.856. The molecule has 1 unspecified atom stereocenters. The molecule has 0 radical (unpaired) electrons. The molecule has 2 aliphatic heterocycles. The second-order valence-electron chi connectivity index (χ2n) is 6.82. The molecule has 2 saturated heterocycles. The molecule has 5 heteroatoms. The number of ether oxygens (including phenoxy) is 1. The average molecular weight is 317 g/mol. The molecular formula is C18H27N3O2. The van der Waals surface area contributed by atoms with Gasteiger partial charge in [-0.3, -0.25) is 14.7 Å². The molecule has 3 heterocycles. The smallest absolute Gasteiger partial charge is 0.254 e. The van der Waals surface area contributed by atoms with E-state index in [9.17, 15) is 4.79 Å². The van der Waals surface area contributed by atoms with Crippen molar-refractivity contribution in [1.82, 2.24) is 14.8 Å². The van der Waals surface area contributed by atoms with Gasteiger partial charge in [-0.1, -0.05) is 6.07 Å². The van der Waals surface area contributed by atoms with Crippen LogP contribution in [0.25, 0.3) is 0 Å². The molecule has 0 saturated carbocycles. The SMILES string of the molecule is CC1(C(=O)N2CCCN(Cc3cccnc3)CC2)CCCCO1. The molecule has 2 aliphatic rings. The number of hydrogen-bond donors (Lipinski definition) is 0. The lowest BCUT2D eigenvalue weighted by atomic mass is 9.94. The van der Waals surface area contributed by atoms with Crippen molar-refractivity contribution in [2.24, 2.45) is 0 Å². The first-order valence-corrected chi connectivity index (χ1v) is 8.72. The first-order valence-electron chi connectivity index (χ1n) is 8.72. The molecule has 0 aromatic carbocycles. The first-order chi connectivity index (χ1) is 11.2. The van der Waals surface area contributed by atoms with E-state index >= 15 is 0 Å². The normalized spacial score (nSPS) is 26.7. The summed E-state index contributed by atoms with van der Waals surface area (Å²) >= 11 is 0. The van der Waals surface area contributed by atoms with Crippen LogP contribution in [0.15, 0.2) is 24.5 Å². The van der Waals surface area contributed by atoms with Crippen LogP contribution in [0.1, 0.15) is 38.2 Å². The van der Waals surface area contributed by atoms with Crippen molar-refractivity contribution >= 4 is 5.91 Å². The Morgan fingerprint density at radius 2 is 2.17 bits per heavy atom. The van der Waals surface area contributed by atoms with Gasteiger partial charge < -0.3 is 9.64 Å². The maximum atomic E-state index is 12.9. The second kappa shape index (κ2) is 7.41. The zero-order valence-corrected chi connectivity index (χ0v) is 14.0. The summed E-state index contributed by atoms with van der Waals surface area (Å²) in [5, 5.41) is 0. The molecule has 3 rings (SSSR count). The first kappa shape index (κ1) is 16.4. The van der Waals surface area contributed by atoms with Gasteiger partial charge in [0.15, 0.2) is 0 Å². The Kier molecular flexibility index (Phi) is 5.28. The Morgan fingerprint density at radius 3 is 2.91 bits per heavy atom. The summed E-state index contributed by atoms with van der Waals surface area (Å²) < 4.78 is 5.83. The molecular weight excluding hydrogens is 290 g/mol. The van der Waals surface area contributed by atoms with Crippen LogP contribution in [0.4, 0.5) is 0 Å². The molecule has 0 N–H and O–H groups in total. The number of hydrogen-bond acceptors (Lipinski definition) is 4. The number of nitrogens with zero attached hydrogens (tertiary/aromatic N) is 3. The van der Waals surface area contributed by atoms with Crippen molar-refractivity contribution in [3.63, 3.8) is 0 Å². The number of rotatable bonds is 3. The highest BCUT2D eigenvalue weighted by molar-refractivity contribution is 5.85. The van der Waals surface area contributed by atoms with Crippen LogP contribution in [-0.4, -0.2) is 59.1 Å². The molecule has 23 heavy (non-hydrogen) atoms. The van der Waals surface area contributed by atoms with Crippen LogP contribution < -0.4 is 0 Å². The summed E-state index contributed by atoms with van der Waals surface area (Å²) in [7, 11) is 0. The van der Waals surface area contributed by atoms with Crippen molar-refractivity contribution in [2.75, 3.05) is 32.8 Å². The number of aromatic nitrogens is 1. The zero-order chi connectivity index (χ0) is 16.1. The lowest BCUT2D eigenvalue weighted by Gasteiger charge is -2.36. The van der Waals surface area contributed by atoms with Crippen LogP contribution in [0.3, 0.4) is 0 Å². The van der Waals surface area contributed by atoms with Gasteiger partial charge in [0.2, 0.25) is 0 Å². The highest BCUT2D eigenvalue weighted by Gasteiger charge is 2.39. The molecule has 0 aliphatic carbocycles. The van der Waals surface area contributed by atoms with E-state index in [-0.39, 0.29) is 5.91 Å². The van der Waals surface area contributed by atoms with E-state index in [1.807, 2.05) is 24.1 Å². The van der Waals surface area contributed by atoms with E-state index < -0.39 is 5.60 Å². The fourth-order valence-corrected chi connectivity index (χ4v) is 3.52. The predicted molar refractivity (Wildman–Crippen MR) is 88.9 cm³/mol. The van der Waals surface area contributed by atoms with E-state index in [1.165, 1.54) is 5.56 Å². The van der Waals surface area contributed by atoms with Crippen molar-refractivity contribution in [1.29, 1.82) is 0 Å². The van der Waals surface area contributed by atoms with Crippen molar-refractivity contribution < 1.29 is 9.53 Å². The fourth-order valence-electron chi connectivity index (χ4n) is 3.52. The maximum absolute atomic E-state index is 12.9. The van der Waals surface area contributed by atoms with Gasteiger partial charge in [-0.15, -0.1) is 0 Å². The predicted octanol–water partition coefficient (Wildman–Crippen LogP) is 2.08. The van der Waals surface area contributed by atoms with Crippen molar-refractivity contribution in [3.8, 4) is 0 Å². The zero-order valence-electron chi connectivity index (χ0n) is 14.0. The molecule has 2 fully saturated rings. The van der Waals surface area contributed by atoms with Crippen LogP contribution in [0.2, 0.25) is 0 Å². The fraction of sp³-hybridized carbons (Fsp3) is 0.667.